The monoisotopic (exact) mass is 322 g/mol. The zero-order valence-corrected chi connectivity index (χ0v) is 14.5. The number of nitrogens with one attached hydrogen (secondary N) is 1. The van der Waals surface area contributed by atoms with Crippen molar-refractivity contribution in [3.8, 4) is 0 Å². The van der Waals surface area contributed by atoms with Gasteiger partial charge in [0.25, 0.3) is 0 Å². The first kappa shape index (κ1) is 17.4. The number of nitrogens with zero attached hydrogens (tertiary/aromatic N) is 1. The van der Waals surface area contributed by atoms with Crippen molar-refractivity contribution in [1.82, 2.24) is 10.2 Å². The fourth-order valence-electron chi connectivity index (χ4n) is 2.65. The van der Waals surface area contributed by atoms with Crippen LogP contribution in [0.3, 0.4) is 0 Å². The highest BCUT2D eigenvalue weighted by Crippen LogP contribution is 2.22. The summed E-state index contributed by atoms with van der Waals surface area (Å²) in [6.07, 6.45) is 1.01. The lowest BCUT2D eigenvalue weighted by Gasteiger charge is -2.28. The van der Waals surface area contributed by atoms with Gasteiger partial charge in [-0.1, -0.05) is 0 Å². The van der Waals surface area contributed by atoms with Gasteiger partial charge in [0.05, 0.1) is 6.04 Å². The smallest absolute Gasteiger partial charge is 0.410 e. The third-order valence-electron chi connectivity index (χ3n) is 3.73. The van der Waals surface area contributed by atoms with Crippen LogP contribution < -0.4 is 5.32 Å². The lowest BCUT2D eigenvalue weighted by Crippen LogP contribution is -2.48. The van der Waals surface area contributed by atoms with Gasteiger partial charge in [0.2, 0.25) is 5.91 Å². The largest absolute Gasteiger partial charge is 0.464 e. The van der Waals surface area contributed by atoms with Crippen molar-refractivity contribution in [2.75, 3.05) is 6.54 Å². The first-order valence-corrected chi connectivity index (χ1v) is 8.04. The van der Waals surface area contributed by atoms with Crippen molar-refractivity contribution < 1.29 is 18.7 Å². The third-order valence-corrected chi connectivity index (χ3v) is 3.73. The molecular weight excluding hydrogens is 296 g/mol. The van der Waals surface area contributed by atoms with Gasteiger partial charge in [-0.3, -0.25) is 9.69 Å². The molecule has 2 amide bonds. The summed E-state index contributed by atoms with van der Waals surface area (Å²) in [7, 11) is 0. The van der Waals surface area contributed by atoms with Crippen LogP contribution in [0.25, 0.3) is 0 Å². The van der Waals surface area contributed by atoms with E-state index in [0.717, 1.165) is 12.2 Å². The standard InChI is InChI=1S/C17H26N2O4/c1-11-8-9-14(22-11)12(2)18-15(20)13-7-6-10-19(13)16(21)23-17(3,4)5/h8-9,12-13H,6-7,10H2,1-5H3,(H,18,20). The van der Waals surface area contributed by atoms with E-state index in [0.29, 0.717) is 18.7 Å². The Labute approximate surface area is 137 Å². The average molecular weight is 322 g/mol. The van der Waals surface area contributed by atoms with Crippen LogP contribution in [0.4, 0.5) is 4.79 Å². The molecule has 1 fully saturated rings. The minimum Gasteiger partial charge on any atom is -0.464 e. The van der Waals surface area contributed by atoms with Crippen LogP contribution in [-0.4, -0.2) is 35.1 Å². The van der Waals surface area contributed by atoms with Gasteiger partial charge in [-0.05, 0) is 59.6 Å². The molecule has 1 aromatic rings. The topological polar surface area (TPSA) is 71.8 Å². The summed E-state index contributed by atoms with van der Waals surface area (Å²) in [4.78, 5) is 26.3. The van der Waals surface area contributed by atoms with Crippen molar-refractivity contribution in [3.05, 3.63) is 23.7 Å². The van der Waals surface area contributed by atoms with E-state index in [1.807, 2.05) is 46.8 Å². The molecule has 2 rings (SSSR count). The number of amides is 2. The Morgan fingerprint density at radius 1 is 1.39 bits per heavy atom. The first-order valence-electron chi connectivity index (χ1n) is 8.04. The summed E-state index contributed by atoms with van der Waals surface area (Å²) < 4.78 is 10.9. The molecule has 1 aliphatic heterocycles. The van der Waals surface area contributed by atoms with Crippen LogP contribution in [-0.2, 0) is 9.53 Å². The molecule has 1 saturated heterocycles. The van der Waals surface area contributed by atoms with Gasteiger partial charge in [-0.25, -0.2) is 4.79 Å². The van der Waals surface area contributed by atoms with Gasteiger partial charge in [0.15, 0.2) is 0 Å². The normalized spacial score (nSPS) is 19.5. The van der Waals surface area contributed by atoms with Crippen molar-refractivity contribution >= 4 is 12.0 Å². The Balaban J connectivity index is 1.99. The number of rotatable bonds is 3. The number of aryl methyl sites for hydroxylation is 1. The molecule has 6 nitrogen and oxygen atoms in total. The number of hydrogen-bond donors (Lipinski definition) is 1. The van der Waals surface area contributed by atoms with E-state index < -0.39 is 17.7 Å². The highest BCUT2D eigenvalue weighted by molar-refractivity contribution is 5.86. The molecule has 1 aliphatic rings. The molecule has 0 bridgehead atoms. The van der Waals surface area contributed by atoms with Crippen molar-refractivity contribution in [2.24, 2.45) is 0 Å². The lowest BCUT2D eigenvalue weighted by atomic mass is 10.1. The van der Waals surface area contributed by atoms with E-state index in [4.69, 9.17) is 9.15 Å². The molecule has 2 atom stereocenters. The summed E-state index contributed by atoms with van der Waals surface area (Å²) >= 11 is 0. The maximum Gasteiger partial charge on any atom is 0.410 e. The van der Waals surface area contributed by atoms with E-state index in [-0.39, 0.29) is 11.9 Å². The predicted octanol–water partition coefficient (Wildman–Crippen LogP) is 3.16. The second kappa shape index (κ2) is 6.64. The lowest BCUT2D eigenvalue weighted by molar-refractivity contribution is -0.126. The summed E-state index contributed by atoms with van der Waals surface area (Å²) in [5, 5.41) is 2.92. The fraction of sp³-hybridized carbons (Fsp3) is 0.647. The van der Waals surface area contributed by atoms with Gasteiger partial charge in [0.1, 0.15) is 23.2 Å². The van der Waals surface area contributed by atoms with E-state index in [1.165, 1.54) is 4.90 Å². The predicted molar refractivity (Wildman–Crippen MR) is 86.0 cm³/mol. The van der Waals surface area contributed by atoms with Gasteiger partial charge in [0, 0.05) is 6.54 Å². The Hall–Kier alpha value is -1.98. The van der Waals surface area contributed by atoms with Gasteiger partial charge in [-0.2, -0.15) is 0 Å². The SMILES string of the molecule is Cc1ccc(C(C)NC(=O)C2CCCN2C(=O)OC(C)(C)C)o1. The Morgan fingerprint density at radius 2 is 2.09 bits per heavy atom. The number of carbonyl (C=O) groups is 2. The second-order valence-electron chi connectivity index (χ2n) is 7.01. The van der Waals surface area contributed by atoms with Crippen molar-refractivity contribution in [3.63, 3.8) is 0 Å². The van der Waals surface area contributed by atoms with Crippen LogP contribution >= 0.6 is 0 Å². The number of furan rings is 1. The number of ether oxygens (including phenoxy) is 1. The Bertz CT molecular complexity index is 573. The molecule has 2 heterocycles. The number of carbonyl (C=O) groups excluding carboxylic acids is 2. The molecule has 0 radical (unpaired) electrons. The third kappa shape index (κ3) is 4.50. The quantitative estimate of drug-likeness (QED) is 0.928. The minimum absolute atomic E-state index is 0.171. The van der Waals surface area contributed by atoms with E-state index in [1.54, 1.807) is 0 Å². The number of hydrogen-bond acceptors (Lipinski definition) is 4. The summed E-state index contributed by atoms with van der Waals surface area (Å²) in [6.45, 7) is 9.72. The Morgan fingerprint density at radius 3 is 2.65 bits per heavy atom. The van der Waals surface area contributed by atoms with E-state index in [9.17, 15) is 9.59 Å². The minimum atomic E-state index is -0.570. The van der Waals surface area contributed by atoms with Gasteiger partial charge < -0.3 is 14.5 Å². The van der Waals surface area contributed by atoms with Crippen molar-refractivity contribution in [2.45, 2.75) is 65.1 Å². The highest BCUT2D eigenvalue weighted by Gasteiger charge is 2.37. The highest BCUT2D eigenvalue weighted by atomic mass is 16.6. The Kier molecular flexibility index (Phi) is 5.02. The van der Waals surface area contributed by atoms with Gasteiger partial charge in [-0.15, -0.1) is 0 Å². The molecule has 0 saturated carbocycles. The number of likely N-dealkylation sites (tertiary alicyclic amines) is 1. The van der Waals surface area contributed by atoms with Crippen LogP contribution in [0.2, 0.25) is 0 Å². The summed E-state index contributed by atoms with van der Waals surface area (Å²) in [5.74, 6) is 1.34. The zero-order valence-electron chi connectivity index (χ0n) is 14.5. The molecule has 1 N–H and O–H groups in total. The first-order chi connectivity index (χ1) is 10.7. The molecule has 23 heavy (non-hydrogen) atoms. The van der Waals surface area contributed by atoms with Crippen LogP contribution in [0.5, 0.6) is 0 Å². The maximum atomic E-state index is 12.5. The molecule has 0 spiro atoms. The molecule has 1 aromatic heterocycles. The van der Waals surface area contributed by atoms with Crippen LogP contribution in [0, 0.1) is 6.92 Å². The summed E-state index contributed by atoms with van der Waals surface area (Å²) in [6, 6.07) is 2.99. The second-order valence-corrected chi connectivity index (χ2v) is 7.01. The van der Waals surface area contributed by atoms with Crippen LogP contribution in [0.15, 0.2) is 16.5 Å². The molecule has 0 aromatic carbocycles. The van der Waals surface area contributed by atoms with Gasteiger partial charge >= 0.3 is 6.09 Å². The summed E-state index contributed by atoms with van der Waals surface area (Å²) in [5.41, 5.74) is -0.570. The maximum absolute atomic E-state index is 12.5. The molecule has 2 unspecified atom stereocenters. The fourth-order valence-corrected chi connectivity index (χ4v) is 2.65. The molecular formula is C17H26N2O4. The van der Waals surface area contributed by atoms with Crippen LogP contribution in [0.1, 0.15) is 58.1 Å². The average Bonchev–Trinajstić information content (AvgIpc) is 3.04. The molecule has 6 heteroatoms. The van der Waals surface area contributed by atoms with Crippen molar-refractivity contribution in [1.29, 1.82) is 0 Å². The van der Waals surface area contributed by atoms with E-state index in [2.05, 4.69) is 5.32 Å². The van der Waals surface area contributed by atoms with E-state index >= 15 is 0 Å². The molecule has 128 valence electrons. The zero-order chi connectivity index (χ0) is 17.2. The molecule has 0 aliphatic carbocycles.